The molecule has 8 nitrogen and oxygen atoms in total. The largest absolute Gasteiger partial charge is 0.387 e. The summed E-state index contributed by atoms with van der Waals surface area (Å²) in [5.41, 5.74) is 0.825. The number of aliphatic hydroxyl groups is 5. The predicted molar refractivity (Wildman–Crippen MR) is 73.3 cm³/mol. The van der Waals surface area contributed by atoms with Gasteiger partial charge in [0.15, 0.2) is 0 Å². The molecule has 124 valence electrons. The summed E-state index contributed by atoms with van der Waals surface area (Å²) >= 11 is 0. The third-order valence-electron chi connectivity index (χ3n) is 3.62. The Hall–Kier alpha value is -1.07. The molecule has 1 fully saturated rings. The first kappa shape index (κ1) is 17.3. The second kappa shape index (κ2) is 6.20. The van der Waals surface area contributed by atoms with E-state index in [0.717, 1.165) is 5.56 Å². The summed E-state index contributed by atoms with van der Waals surface area (Å²) in [4.78, 5) is -0.201. The van der Waals surface area contributed by atoms with Crippen LogP contribution in [0.2, 0.25) is 0 Å². The van der Waals surface area contributed by atoms with Gasteiger partial charge in [0.2, 0.25) is 0 Å². The molecule has 0 aliphatic heterocycles. The van der Waals surface area contributed by atoms with E-state index in [0.29, 0.717) is 0 Å². The highest BCUT2D eigenvalue weighted by molar-refractivity contribution is 7.86. The average Bonchev–Trinajstić information content (AvgIpc) is 2.48. The Balaban J connectivity index is 2.26. The molecule has 2 unspecified atom stereocenters. The molecule has 1 aromatic rings. The summed E-state index contributed by atoms with van der Waals surface area (Å²) < 4.78 is 29.0. The standard InChI is InChI=1S/C13H18O8S/c1-6-2-4-7(5-3-6)22(19,20)21-13-11(17)9(15)8(14)10(16)12(13)18/h2-5,8-18H,1H3/t8?,9-,10-,11-,12+,13?/m1/s1. The van der Waals surface area contributed by atoms with Gasteiger partial charge in [-0.2, -0.15) is 8.42 Å². The van der Waals surface area contributed by atoms with Gasteiger partial charge in [-0.1, -0.05) is 17.7 Å². The first-order valence-electron chi connectivity index (χ1n) is 6.55. The van der Waals surface area contributed by atoms with Crippen molar-refractivity contribution in [1.29, 1.82) is 0 Å². The van der Waals surface area contributed by atoms with Crippen LogP contribution in [0.25, 0.3) is 0 Å². The van der Waals surface area contributed by atoms with Gasteiger partial charge in [-0.3, -0.25) is 4.18 Å². The van der Waals surface area contributed by atoms with Crippen molar-refractivity contribution in [3.8, 4) is 0 Å². The van der Waals surface area contributed by atoms with Crippen molar-refractivity contribution in [3.63, 3.8) is 0 Å². The number of benzene rings is 1. The Labute approximate surface area is 127 Å². The zero-order chi connectivity index (χ0) is 16.7. The van der Waals surface area contributed by atoms with Gasteiger partial charge in [-0.25, -0.2) is 0 Å². The van der Waals surface area contributed by atoms with Crippen molar-refractivity contribution < 1.29 is 38.1 Å². The predicted octanol–water partition coefficient (Wildman–Crippen LogP) is -2.11. The lowest BCUT2D eigenvalue weighted by molar-refractivity contribution is -0.216. The van der Waals surface area contributed by atoms with Gasteiger partial charge in [0.05, 0.1) is 4.90 Å². The van der Waals surface area contributed by atoms with Crippen LogP contribution in [0.3, 0.4) is 0 Å². The molecule has 5 N–H and O–H groups in total. The van der Waals surface area contributed by atoms with E-state index < -0.39 is 46.7 Å². The van der Waals surface area contributed by atoms with Crippen LogP contribution in [0.15, 0.2) is 29.2 Å². The van der Waals surface area contributed by atoms with Crippen molar-refractivity contribution in [1.82, 2.24) is 0 Å². The lowest BCUT2D eigenvalue weighted by Crippen LogP contribution is -2.64. The molecule has 1 aliphatic carbocycles. The van der Waals surface area contributed by atoms with Crippen molar-refractivity contribution in [3.05, 3.63) is 29.8 Å². The van der Waals surface area contributed by atoms with Crippen LogP contribution in [0.1, 0.15) is 5.56 Å². The Morgan fingerprint density at radius 1 is 0.818 bits per heavy atom. The molecule has 2 rings (SSSR count). The van der Waals surface area contributed by atoms with E-state index in [4.69, 9.17) is 4.18 Å². The lowest BCUT2D eigenvalue weighted by Gasteiger charge is -2.40. The maximum absolute atomic E-state index is 12.1. The maximum Gasteiger partial charge on any atom is 0.297 e. The third-order valence-corrected chi connectivity index (χ3v) is 4.95. The highest BCUT2D eigenvalue weighted by Gasteiger charge is 2.50. The van der Waals surface area contributed by atoms with Gasteiger partial charge in [0, 0.05) is 0 Å². The van der Waals surface area contributed by atoms with E-state index in [1.165, 1.54) is 24.3 Å². The van der Waals surface area contributed by atoms with Gasteiger partial charge in [-0.05, 0) is 19.1 Å². The van der Waals surface area contributed by atoms with E-state index in [2.05, 4.69) is 0 Å². The fourth-order valence-corrected chi connectivity index (χ4v) is 3.32. The molecular formula is C13H18O8S. The average molecular weight is 334 g/mol. The minimum atomic E-state index is -4.33. The molecule has 0 heterocycles. The maximum atomic E-state index is 12.1. The number of hydrogen-bond donors (Lipinski definition) is 5. The smallest absolute Gasteiger partial charge is 0.297 e. The Bertz CT molecular complexity index is 597. The molecule has 0 saturated heterocycles. The van der Waals surface area contributed by atoms with E-state index in [-0.39, 0.29) is 4.90 Å². The SMILES string of the molecule is Cc1ccc(S(=O)(=O)OC2[C@@H](O)[C@H](O)C(O)[C@@H](O)[C@H]2O)cc1. The van der Waals surface area contributed by atoms with Crippen molar-refractivity contribution in [2.45, 2.75) is 48.4 Å². The molecule has 6 atom stereocenters. The summed E-state index contributed by atoms with van der Waals surface area (Å²) in [6.45, 7) is 1.76. The van der Waals surface area contributed by atoms with Gasteiger partial charge in [0.1, 0.15) is 36.6 Å². The molecule has 0 aromatic heterocycles. The van der Waals surface area contributed by atoms with Crippen LogP contribution >= 0.6 is 0 Å². The van der Waals surface area contributed by atoms with Gasteiger partial charge < -0.3 is 25.5 Å². The topological polar surface area (TPSA) is 145 Å². The lowest BCUT2D eigenvalue weighted by atomic mass is 9.85. The van der Waals surface area contributed by atoms with Crippen LogP contribution < -0.4 is 0 Å². The zero-order valence-corrected chi connectivity index (χ0v) is 12.5. The van der Waals surface area contributed by atoms with Crippen molar-refractivity contribution >= 4 is 10.1 Å². The summed E-state index contributed by atoms with van der Waals surface area (Å²) in [5.74, 6) is 0. The van der Waals surface area contributed by atoms with Crippen LogP contribution in [0.5, 0.6) is 0 Å². The summed E-state index contributed by atoms with van der Waals surface area (Å²) in [6.07, 6.45) is -11.1. The number of hydrogen-bond acceptors (Lipinski definition) is 8. The fourth-order valence-electron chi connectivity index (χ4n) is 2.22. The molecule has 1 aliphatic rings. The van der Waals surface area contributed by atoms with E-state index >= 15 is 0 Å². The van der Waals surface area contributed by atoms with Gasteiger partial charge in [-0.15, -0.1) is 0 Å². The summed E-state index contributed by atoms with van der Waals surface area (Å²) in [7, 11) is -4.33. The molecule has 9 heteroatoms. The first-order chi connectivity index (χ1) is 10.1. The number of rotatable bonds is 3. The molecule has 22 heavy (non-hydrogen) atoms. The first-order valence-corrected chi connectivity index (χ1v) is 7.96. The molecule has 0 amide bonds. The molecule has 1 aromatic carbocycles. The third kappa shape index (κ3) is 3.15. The minimum absolute atomic E-state index is 0.201. The molecule has 0 spiro atoms. The summed E-state index contributed by atoms with van der Waals surface area (Å²) in [6, 6.07) is 5.65. The van der Waals surface area contributed by atoms with E-state index in [1.807, 2.05) is 0 Å². The second-order valence-corrected chi connectivity index (χ2v) is 6.85. The Morgan fingerprint density at radius 2 is 1.23 bits per heavy atom. The van der Waals surface area contributed by atoms with Crippen molar-refractivity contribution in [2.75, 3.05) is 0 Å². The van der Waals surface area contributed by atoms with Crippen LogP contribution in [0, 0.1) is 6.92 Å². The number of aliphatic hydroxyl groups excluding tert-OH is 5. The second-order valence-electron chi connectivity index (χ2n) is 5.28. The Kier molecular flexibility index (Phi) is 4.87. The van der Waals surface area contributed by atoms with Crippen LogP contribution in [-0.4, -0.2) is 70.6 Å². The quantitative estimate of drug-likeness (QED) is 0.395. The molecule has 0 bridgehead atoms. The number of aryl methyl sites for hydroxylation is 1. The zero-order valence-electron chi connectivity index (χ0n) is 11.6. The highest BCUT2D eigenvalue weighted by Crippen LogP contribution is 2.27. The molecular weight excluding hydrogens is 316 g/mol. The highest BCUT2D eigenvalue weighted by atomic mass is 32.2. The van der Waals surface area contributed by atoms with E-state index in [1.54, 1.807) is 6.92 Å². The molecule has 1 saturated carbocycles. The Morgan fingerprint density at radius 3 is 1.68 bits per heavy atom. The van der Waals surface area contributed by atoms with E-state index in [9.17, 15) is 34.0 Å². The van der Waals surface area contributed by atoms with Crippen molar-refractivity contribution in [2.24, 2.45) is 0 Å². The summed E-state index contributed by atoms with van der Waals surface area (Å²) in [5, 5.41) is 48.1. The fraction of sp³-hybridized carbons (Fsp3) is 0.538. The van der Waals surface area contributed by atoms with Crippen LogP contribution in [-0.2, 0) is 14.3 Å². The minimum Gasteiger partial charge on any atom is -0.387 e. The normalized spacial score (nSPS) is 36.3. The monoisotopic (exact) mass is 334 g/mol. The molecule has 0 radical (unpaired) electrons. The van der Waals surface area contributed by atoms with Crippen LogP contribution in [0.4, 0.5) is 0 Å². The van der Waals surface area contributed by atoms with Gasteiger partial charge in [0.25, 0.3) is 10.1 Å². The van der Waals surface area contributed by atoms with Gasteiger partial charge >= 0.3 is 0 Å².